The van der Waals surface area contributed by atoms with Crippen LogP contribution in [-0.2, 0) is 19.4 Å². The van der Waals surface area contributed by atoms with Gasteiger partial charge in [0.25, 0.3) is 0 Å². The number of nitrogens with zero attached hydrogens (tertiary/aromatic N) is 3. The maximum atomic E-state index is 13.9. The molecule has 3 N–H and O–H groups in total. The molecule has 162 valence electrons. The summed E-state index contributed by atoms with van der Waals surface area (Å²) >= 11 is 5.72. The van der Waals surface area contributed by atoms with Crippen molar-refractivity contribution in [3.05, 3.63) is 57.9 Å². The lowest BCUT2D eigenvalue weighted by atomic mass is 10.0. The van der Waals surface area contributed by atoms with E-state index in [1.807, 2.05) is 6.20 Å². The van der Waals surface area contributed by atoms with Gasteiger partial charge in [0.2, 0.25) is 0 Å². The van der Waals surface area contributed by atoms with Crippen molar-refractivity contribution in [2.24, 2.45) is 5.92 Å². The average molecular weight is 437 g/mol. The smallest absolute Gasteiger partial charge is 0.318 e. The summed E-state index contributed by atoms with van der Waals surface area (Å²) in [5.74, 6) is 0.502. The molecule has 0 radical (unpaired) electrons. The molecule has 0 spiro atoms. The first-order chi connectivity index (χ1) is 14.3. The van der Waals surface area contributed by atoms with Crippen molar-refractivity contribution in [3.8, 4) is 0 Å². The van der Waals surface area contributed by atoms with Gasteiger partial charge in [0.15, 0.2) is 0 Å². The van der Waals surface area contributed by atoms with Crippen LogP contribution >= 0.6 is 11.6 Å². The summed E-state index contributed by atoms with van der Waals surface area (Å²) in [6.07, 6.45) is 1.90. The number of urea groups is 1. The SMILES string of the molecule is CC(C)Cc1ncc2c(n1)CN(C(=O)N[C@@H](c1ccc(Cl)c(F)c1)[C@H](O)CO)CC2. The number of halogens is 2. The Kier molecular flexibility index (Phi) is 7.23. The van der Waals surface area contributed by atoms with Crippen LogP contribution in [0.15, 0.2) is 24.4 Å². The van der Waals surface area contributed by atoms with Gasteiger partial charge in [-0.1, -0.05) is 31.5 Å². The van der Waals surface area contributed by atoms with Crippen molar-refractivity contribution < 1.29 is 19.4 Å². The molecule has 2 atom stereocenters. The number of carbonyl (C=O) groups excluding carboxylic acids is 1. The largest absolute Gasteiger partial charge is 0.394 e. The van der Waals surface area contributed by atoms with Gasteiger partial charge in [-0.15, -0.1) is 0 Å². The molecule has 0 fully saturated rings. The van der Waals surface area contributed by atoms with E-state index in [4.69, 9.17) is 11.6 Å². The third-order valence-electron chi connectivity index (χ3n) is 5.03. The van der Waals surface area contributed by atoms with Gasteiger partial charge in [0.05, 0.1) is 29.9 Å². The Morgan fingerprint density at radius 3 is 2.83 bits per heavy atom. The zero-order chi connectivity index (χ0) is 21.8. The van der Waals surface area contributed by atoms with Crippen molar-refractivity contribution in [1.29, 1.82) is 0 Å². The standard InChI is InChI=1S/C21H26ClFN4O3/c1-12(2)7-19-24-9-14-5-6-27(10-17(14)25-19)21(30)26-20(18(29)11-28)13-3-4-15(22)16(23)8-13/h3-4,8-9,12,18,20,28-29H,5-7,10-11H2,1-2H3,(H,26,30)/t18-,20+/m1/s1. The predicted molar refractivity (Wildman–Crippen MR) is 110 cm³/mol. The monoisotopic (exact) mass is 436 g/mol. The second kappa shape index (κ2) is 9.68. The molecular weight excluding hydrogens is 411 g/mol. The van der Waals surface area contributed by atoms with Crippen molar-refractivity contribution in [2.75, 3.05) is 13.2 Å². The van der Waals surface area contributed by atoms with Crippen LogP contribution in [0.1, 0.15) is 42.5 Å². The first-order valence-corrected chi connectivity index (χ1v) is 10.3. The highest BCUT2D eigenvalue weighted by molar-refractivity contribution is 6.30. The summed E-state index contributed by atoms with van der Waals surface area (Å²) in [5, 5.41) is 22.2. The third kappa shape index (κ3) is 5.24. The topological polar surface area (TPSA) is 98.6 Å². The molecule has 0 saturated heterocycles. The summed E-state index contributed by atoms with van der Waals surface area (Å²) in [5.41, 5.74) is 2.13. The predicted octanol–water partition coefficient (Wildman–Crippen LogP) is 2.63. The molecule has 3 rings (SSSR count). The Balaban J connectivity index is 1.75. The molecule has 7 nitrogen and oxygen atoms in total. The third-order valence-corrected chi connectivity index (χ3v) is 5.33. The number of aromatic nitrogens is 2. The zero-order valence-corrected chi connectivity index (χ0v) is 17.7. The quantitative estimate of drug-likeness (QED) is 0.646. The molecule has 1 aliphatic rings. The minimum atomic E-state index is -1.30. The fraction of sp³-hybridized carbons (Fsp3) is 0.476. The van der Waals surface area contributed by atoms with Crippen molar-refractivity contribution in [2.45, 2.75) is 45.4 Å². The van der Waals surface area contributed by atoms with Crippen LogP contribution in [0.5, 0.6) is 0 Å². The van der Waals surface area contributed by atoms with Crippen LogP contribution in [0, 0.1) is 11.7 Å². The molecule has 0 saturated carbocycles. The number of nitrogens with one attached hydrogen (secondary N) is 1. The number of aliphatic hydroxyl groups excluding tert-OH is 2. The molecule has 1 aromatic heterocycles. The number of fused-ring (bicyclic) bond motifs is 1. The minimum Gasteiger partial charge on any atom is -0.394 e. The second-order valence-corrected chi connectivity index (χ2v) is 8.29. The van der Waals surface area contributed by atoms with Crippen LogP contribution in [0.3, 0.4) is 0 Å². The van der Waals surface area contributed by atoms with Gasteiger partial charge in [0.1, 0.15) is 17.7 Å². The van der Waals surface area contributed by atoms with E-state index >= 15 is 0 Å². The first-order valence-electron chi connectivity index (χ1n) is 9.91. The Morgan fingerprint density at radius 1 is 1.40 bits per heavy atom. The van der Waals surface area contributed by atoms with E-state index in [0.29, 0.717) is 31.0 Å². The van der Waals surface area contributed by atoms with Gasteiger partial charge in [-0.05, 0) is 35.6 Å². The van der Waals surface area contributed by atoms with Crippen LogP contribution < -0.4 is 5.32 Å². The molecule has 0 unspecified atom stereocenters. The summed E-state index contributed by atoms with van der Waals surface area (Å²) in [7, 11) is 0. The van der Waals surface area contributed by atoms with E-state index in [9.17, 15) is 19.4 Å². The van der Waals surface area contributed by atoms with E-state index in [0.717, 1.165) is 29.6 Å². The lowest BCUT2D eigenvalue weighted by Crippen LogP contribution is -2.47. The average Bonchev–Trinajstić information content (AvgIpc) is 2.72. The summed E-state index contributed by atoms with van der Waals surface area (Å²) < 4.78 is 13.9. The van der Waals surface area contributed by atoms with Gasteiger partial charge < -0.3 is 20.4 Å². The highest BCUT2D eigenvalue weighted by atomic mass is 35.5. The number of hydrogen-bond donors (Lipinski definition) is 3. The molecule has 0 aliphatic carbocycles. The Labute approximate surface area is 179 Å². The number of benzene rings is 1. The fourth-order valence-corrected chi connectivity index (χ4v) is 3.54. The van der Waals surface area contributed by atoms with Gasteiger partial charge >= 0.3 is 6.03 Å². The lowest BCUT2D eigenvalue weighted by Gasteiger charge is -2.31. The molecule has 1 aliphatic heterocycles. The van der Waals surface area contributed by atoms with Gasteiger partial charge in [-0.3, -0.25) is 0 Å². The highest BCUT2D eigenvalue weighted by Gasteiger charge is 2.28. The van der Waals surface area contributed by atoms with Gasteiger partial charge in [-0.2, -0.15) is 0 Å². The number of amides is 2. The molecule has 2 amide bonds. The van der Waals surface area contributed by atoms with Crippen LogP contribution in [-0.4, -0.2) is 50.4 Å². The van der Waals surface area contributed by atoms with Crippen molar-refractivity contribution in [1.82, 2.24) is 20.2 Å². The van der Waals surface area contributed by atoms with Crippen LogP contribution in [0.2, 0.25) is 5.02 Å². The Bertz CT molecular complexity index is 912. The Hall–Kier alpha value is -2.29. The Morgan fingerprint density at radius 2 is 2.17 bits per heavy atom. The molecule has 2 aromatic rings. The van der Waals surface area contributed by atoms with Gasteiger partial charge in [0, 0.05) is 19.2 Å². The maximum Gasteiger partial charge on any atom is 0.318 e. The highest BCUT2D eigenvalue weighted by Crippen LogP contribution is 2.24. The number of carbonyl (C=O) groups is 1. The molecule has 2 heterocycles. The van der Waals surface area contributed by atoms with E-state index in [1.165, 1.54) is 12.1 Å². The van der Waals surface area contributed by atoms with Crippen molar-refractivity contribution in [3.63, 3.8) is 0 Å². The minimum absolute atomic E-state index is 0.0631. The normalized spacial score (nSPS) is 15.6. The summed E-state index contributed by atoms with van der Waals surface area (Å²) in [4.78, 5) is 23.5. The fourth-order valence-electron chi connectivity index (χ4n) is 3.42. The van der Waals surface area contributed by atoms with Crippen molar-refractivity contribution >= 4 is 17.6 Å². The number of aliphatic hydroxyl groups is 2. The van der Waals surface area contributed by atoms with Crippen LogP contribution in [0.4, 0.5) is 9.18 Å². The zero-order valence-electron chi connectivity index (χ0n) is 17.0. The number of hydrogen-bond acceptors (Lipinski definition) is 5. The summed E-state index contributed by atoms with van der Waals surface area (Å²) in [6, 6.07) is 2.57. The van der Waals surface area contributed by atoms with Gasteiger partial charge in [-0.25, -0.2) is 19.2 Å². The summed E-state index contributed by atoms with van der Waals surface area (Å²) in [6.45, 7) is 4.36. The van der Waals surface area contributed by atoms with Crippen LogP contribution in [0.25, 0.3) is 0 Å². The first kappa shape index (κ1) is 22.4. The molecule has 0 bridgehead atoms. The van der Waals surface area contributed by atoms with E-state index in [2.05, 4.69) is 29.1 Å². The maximum absolute atomic E-state index is 13.9. The molecule has 9 heteroatoms. The molecular formula is C21H26ClFN4O3. The van der Waals surface area contributed by atoms with E-state index in [-0.39, 0.29) is 5.02 Å². The van der Waals surface area contributed by atoms with E-state index < -0.39 is 30.6 Å². The number of rotatable bonds is 6. The van der Waals surface area contributed by atoms with E-state index in [1.54, 1.807) is 4.90 Å². The second-order valence-electron chi connectivity index (χ2n) is 7.88. The lowest BCUT2D eigenvalue weighted by molar-refractivity contribution is 0.0624. The molecule has 1 aromatic carbocycles. The molecule has 30 heavy (non-hydrogen) atoms.